The summed E-state index contributed by atoms with van der Waals surface area (Å²) < 4.78 is 5.07. The second kappa shape index (κ2) is 8.37. The normalized spacial score (nSPS) is 13.8. The van der Waals surface area contributed by atoms with Crippen LogP contribution in [0.15, 0.2) is 103 Å². The first-order valence-electron chi connectivity index (χ1n) is 14.8. The standard InChI is InChI=1S/C38H25N3S/c1-3-7-22(8-4-1)32-21-33(23-9-5-2-6-10-23)40-38(39-32)41-34-17-26-13-11-24(26)15-28(34)29-20-37-31(19-35(29)41)30-16-25-12-14-27(25)18-36(30)42-37/h1-10,15-21H,11-14H2. The molecule has 42 heavy (non-hydrogen) atoms. The van der Waals surface area contributed by atoms with Crippen LogP contribution in [0.25, 0.3) is 70.4 Å². The molecule has 0 saturated heterocycles. The SMILES string of the molecule is c1ccc(-c2cc(-c3ccccc3)nc(-n3c4cc5c(cc4c4cc6sc7cc8c(cc7c6cc43)CC8)CC5)n2)cc1. The highest BCUT2D eigenvalue weighted by atomic mass is 32.1. The second-order valence-corrected chi connectivity index (χ2v) is 12.8. The van der Waals surface area contributed by atoms with Crippen LogP contribution in [0, 0.1) is 0 Å². The van der Waals surface area contributed by atoms with Crippen molar-refractivity contribution in [3.8, 4) is 28.5 Å². The van der Waals surface area contributed by atoms with E-state index >= 15 is 0 Å². The van der Waals surface area contributed by atoms with Gasteiger partial charge in [0, 0.05) is 42.1 Å². The topological polar surface area (TPSA) is 30.7 Å². The van der Waals surface area contributed by atoms with Gasteiger partial charge in [-0.25, -0.2) is 9.97 Å². The zero-order chi connectivity index (χ0) is 27.4. The maximum Gasteiger partial charge on any atom is 0.235 e. The van der Waals surface area contributed by atoms with Crippen LogP contribution in [0.1, 0.15) is 22.3 Å². The Balaban J connectivity index is 1.32. The van der Waals surface area contributed by atoms with E-state index in [1.165, 1.54) is 77.1 Å². The van der Waals surface area contributed by atoms with Crippen LogP contribution in [0.4, 0.5) is 0 Å². The third-order valence-electron chi connectivity index (χ3n) is 9.38. The Kier molecular flexibility index (Phi) is 4.55. The van der Waals surface area contributed by atoms with Crippen molar-refractivity contribution in [3.63, 3.8) is 0 Å². The van der Waals surface area contributed by atoms with E-state index in [0.717, 1.165) is 41.3 Å². The van der Waals surface area contributed by atoms with Crippen molar-refractivity contribution in [1.82, 2.24) is 14.5 Å². The molecule has 3 aromatic heterocycles. The van der Waals surface area contributed by atoms with Gasteiger partial charge in [-0.05, 0) is 90.4 Å². The number of fused-ring (bicyclic) bond motifs is 8. The molecule has 0 fully saturated rings. The number of aromatic nitrogens is 3. The molecule has 8 aromatic rings. The molecule has 10 rings (SSSR count). The van der Waals surface area contributed by atoms with Crippen LogP contribution >= 0.6 is 11.3 Å². The van der Waals surface area contributed by atoms with Gasteiger partial charge in [-0.1, -0.05) is 60.7 Å². The lowest BCUT2D eigenvalue weighted by Crippen LogP contribution is -2.09. The Hall–Kier alpha value is -4.80. The maximum absolute atomic E-state index is 5.26. The minimum atomic E-state index is 0.720. The van der Waals surface area contributed by atoms with Gasteiger partial charge in [0.1, 0.15) is 0 Å². The molecule has 0 aliphatic heterocycles. The summed E-state index contributed by atoms with van der Waals surface area (Å²) in [7, 11) is 0. The molecule has 0 unspecified atom stereocenters. The van der Waals surface area contributed by atoms with Gasteiger partial charge in [-0.3, -0.25) is 4.57 Å². The summed E-state index contributed by atoms with van der Waals surface area (Å²) in [5.41, 5.74) is 12.4. The molecule has 0 bridgehead atoms. The minimum Gasteiger partial charge on any atom is -0.278 e. The largest absolute Gasteiger partial charge is 0.278 e. The van der Waals surface area contributed by atoms with Gasteiger partial charge in [-0.15, -0.1) is 11.3 Å². The van der Waals surface area contributed by atoms with E-state index < -0.39 is 0 Å². The van der Waals surface area contributed by atoms with Gasteiger partial charge in [-0.2, -0.15) is 0 Å². The Bertz CT molecular complexity index is 2340. The third-order valence-corrected chi connectivity index (χ3v) is 10.5. The Labute approximate surface area is 246 Å². The van der Waals surface area contributed by atoms with E-state index in [1.807, 2.05) is 11.3 Å². The van der Waals surface area contributed by atoms with E-state index in [-0.39, 0.29) is 0 Å². The molecular formula is C38H25N3S. The average Bonchev–Trinajstić information content (AvgIpc) is 3.52. The highest BCUT2D eigenvalue weighted by Gasteiger charge is 2.23. The number of thiophene rings is 1. The average molecular weight is 556 g/mol. The minimum absolute atomic E-state index is 0.720. The fourth-order valence-electron chi connectivity index (χ4n) is 6.93. The lowest BCUT2D eigenvalue weighted by molar-refractivity contribution is 0.842. The molecule has 0 N–H and O–H groups in total. The van der Waals surface area contributed by atoms with E-state index in [2.05, 4.69) is 108 Å². The number of nitrogens with zero attached hydrogens (tertiary/aromatic N) is 3. The molecule has 198 valence electrons. The summed E-state index contributed by atoms with van der Waals surface area (Å²) >= 11 is 1.93. The number of rotatable bonds is 3. The molecule has 0 atom stereocenters. The summed E-state index contributed by atoms with van der Waals surface area (Å²) in [6.07, 6.45) is 4.70. The number of hydrogen-bond acceptors (Lipinski definition) is 3. The molecule has 0 saturated carbocycles. The first-order valence-corrected chi connectivity index (χ1v) is 15.6. The number of hydrogen-bond donors (Lipinski definition) is 0. The fourth-order valence-corrected chi connectivity index (χ4v) is 8.10. The predicted molar refractivity (Wildman–Crippen MR) is 175 cm³/mol. The molecule has 4 heteroatoms. The molecule has 5 aromatic carbocycles. The molecule has 3 nitrogen and oxygen atoms in total. The van der Waals surface area contributed by atoms with Crippen molar-refractivity contribution in [2.75, 3.05) is 0 Å². The van der Waals surface area contributed by atoms with Gasteiger partial charge >= 0.3 is 0 Å². The van der Waals surface area contributed by atoms with Crippen molar-refractivity contribution in [1.29, 1.82) is 0 Å². The predicted octanol–water partition coefficient (Wildman–Crippen LogP) is 9.47. The van der Waals surface area contributed by atoms with Gasteiger partial charge in [0.05, 0.1) is 22.4 Å². The van der Waals surface area contributed by atoms with Crippen LogP contribution in [0.3, 0.4) is 0 Å². The summed E-state index contributed by atoms with van der Waals surface area (Å²) in [5.74, 6) is 0.720. The molecule has 2 aliphatic carbocycles. The van der Waals surface area contributed by atoms with Crippen molar-refractivity contribution < 1.29 is 0 Å². The quantitative estimate of drug-likeness (QED) is 0.217. The van der Waals surface area contributed by atoms with E-state index in [9.17, 15) is 0 Å². The van der Waals surface area contributed by atoms with Gasteiger partial charge in [0.2, 0.25) is 5.95 Å². The maximum atomic E-state index is 5.26. The van der Waals surface area contributed by atoms with Crippen LogP contribution in [-0.2, 0) is 25.7 Å². The Morgan fingerprint density at radius 2 is 0.976 bits per heavy atom. The summed E-state index contributed by atoms with van der Waals surface area (Å²) in [6, 6.07) is 37.6. The zero-order valence-electron chi connectivity index (χ0n) is 22.9. The smallest absolute Gasteiger partial charge is 0.235 e. The highest BCUT2D eigenvalue weighted by molar-refractivity contribution is 7.25. The summed E-state index contributed by atoms with van der Waals surface area (Å²) in [5, 5.41) is 5.29. The fraction of sp³-hybridized carbons (Fsp3) is 0.105. The van der Waals surface area contributed by atoms with Crippen LogP contribution < -0.4 is 0 Å². The molecule has 0 spiro atoms. The molecular weight excluding hydrogens is 531 g/mol. The number of aryl methyl sites for hydroxylation is 4. The van der Waals surface area contributed by atoms with Gasteiger partial charge < -0.3 is 0 Å². The van der Waals surface area contributed by atoms with E-state index in [4.69, 9.17) is 9.97 Å². The Morgan fingerprint density at radius 1 is 0.476 bits per heavy atom. The monoisotopic (exact) mass is 555 g/mol. The van der Waals surface area contributed by atoms with Crippen molar-refractivity contribution in [2.24, 2.45) is 0 Å². The lowest BCUT2D eigenvalue weighted by atomic mass is 9.87. The molecule has 0 radical (unpaired) electrons. The second-order valence-electron chi connectivity index (χ2n) is 11.7. The summed E-state index contributed by atoms with van der Waals surface area (Å²) in [4.78, 5) is 10.5. The zero-order valence-corrected chi connectivity index (χ0v) is 23.7. The molecule has 2 aliphatic rings. The van der Waals surface area contributed by atoms with Gasteiger partial charge in [0.25, 0.3) is 0 Å². The van der Waals surface area contributed by atoms with Crippen molar-refractivity contribution in [2.45, 2.75) is 25.7 Å². The van der Waals surface area contributed by atoms with E-state index in [0.29, 0.717) is 0 Å². The van der Waals surface area contributed by atoms with Crippen LogP contribution in [0.2, 0.25) is 0 Å². The van der Waals surface area contributed by atoms with Crippen LogP contribution in [-0.4, -0.2) is 14.5 Å². The summed E-state index contributed by atoms with van der Waals surface area (Å²) in [6.45, 7) is 0. The third kappa shape index (κ3) is 3.21. The highest BCUT2D eigenvalue weighted by Crippen LogP contribution is 2.44. The first kappa shape index (κ1) is 22.8. The van der Waals surface area contributed by atoms with Crippen LogP contribution in [0.5, 0.6) is 0 Å². The molecule has 0 amide bonds. The first-order chi connectivity index (χ1) is 20.8. The van der Waals surface area contributed by atoms with Gasteiger partial charge in [0.15, 0.2) is 0 Å². The number of benzene rings is 5. The molecule has 3 heterocycles. The van der Waals surface area contributed by atoms with Crippen molar-refractivity contribution in [3.05, 3.63) is 125 Å². The van der Waals surface area contributed by atoms with Crippen molar-refractivity contribution >= 4 is 53.3 Å². The lowest BCUT2D eigenvalue weighted by Gasteiger charge is -2.19. The Morgan fingerprint density at radius 3 is 1.62 bits per heavy atom. The van der Waals surface area contributed by atoms with E-state index in [1.54, 1.807) is 0 Å².